The number of aromatic nitrogens is 2. The highest BCUT2D eigenvalue weighted by atomic mass is 35.5. The Kier molecular flexibility index (Phi) is 7.64. The maximum atomic E-state index is 13.3. The lowest BCUT2D eigenvalue weighted by Crippen LogP contribution is -2.44. The van der Waals surface area contributed by atoms with Crippen molar-refractivity contribution in [2.45, 2.75) is 38.2 Å². The Morgan fingerprint density at radius 1 is 1.20 bits per heavy atom. The number of amides is 1. The molecule has 1 saturated heterocycles. The van der Waals surface area contributed by atoms with Crippen LogP contribution in [-0.2, 0) is 30.7 Å². The summed E-state index contributed by atoms with van der Waals surface area (Å²) >= 11 is 5.79. The minimum absolute atomic E-state index is 0.0241. The first kappa shape index (κ1) is 25.4. The predicted octanol–water partition coefficient (Wildman–Crippen LogP) is 1.83. The van der Waals surface area contributed by atoms with Crippen molar-refractivity contribution in [1.29, 1.82) is 0 Å². The molecule has 3 unspecified atom stereocenters. The van der Waals surface area contributed by atoms with Crippen LogP contribution in [-0.4, -0.2) is 73.5 Å². The third-order valence-corrected chi connectivity index (χ3v) is 6.66. The third kappa shape index (κ3) is 6.72. The van der Waals surface area contributed by atoms with Crippen LogP contribution in [0, 0.1) is 12.7 Å². The fraction of sp³-hybridized carbons (Fsp3) is 0.455. The van der Waals surface area contributed by atoms with Gasteiger partial charge in [-0.05, 0) is 30.7 Å². The molecule has 4 rings (SSSR count). The molecule has 1 amide bonds. The summed E-state index contributed by atoms with van der Waals surface area (Å²) in [6.45, 7) is 2.12. The molecule has 3 heterocycles. The minimum Gasteiger partial charge on any atom is -0.389 e. The summed E-state index contributed by atoms with van der Waals surface area (Å²) in [5.74, 6) is -0.694. The van der Waals surface area contributed by atoms with E-state index < -0.39 is 39.9 Å². The first-order chi connectivity index (χ1) is 16.6. The van der Waals surface area contributed by atoms with Crippen LogP contribution in [0.5, 0.6) is 0 Å². The van der Waals surface area contributed by atoms with E-state index >= 15 is 0 Å². The molecule has 1 N–H and O–H groups in total. The van der Waals surface area contributed by atoms with Crippen molar-refractivity contribution in [3.63, 3.8) is 0 Å². The highest BCUT2D eigenvalue weighted by Crippen LogP contribution is 2.23. The Bertz CT molecular complexity index is 1250. The zero-order valence-electron chi connectivity index (χ0n) is 19.0. The first-order valence-corrected chi connectivity index (χ1v) is 13.2. The van der Waals surface area contributed by atoms with Gasteiger partial charge in [0.25, 0.3) is 5.91 Å². The molecule has 2 aliphatic heterocycles. The van der Waals surface area contributed by atoms with E-state index in [0.29, 0.717) is 29.2 Å². The Morgan fingerprint density at radius 2 is 2.00 bits per heavy atom. The molecule has 13 heteroatoms. The molecular formula is C22H24ClFN4O6S. The van der Waals surface area contributed by atoms with Gasteiger partial charge in [-0.3, -0.25) is 4.79 Å². The largest absolute Gasteiger partial charge is 0.389 e. The van der Waals surface area contributed by atoms with Gasteiger partial charge in [0, 0.05) is 19.2 Å². The van der Waals surface area contributed by atoms with Crippen molar-refractivity contribution in [3.05, 3.63) is 57.9 Å². The van der Waals surface area contributed by atoms with E-state index in [1.807, 2.05) is 0 Å². The van der Waals surface area contributed by atoms with Crippen LogP contribution in [0.4, 0.5) is 4.39 Å². The van der Waals surface area contributed by atoms with E-state index in [1.54, 1.807) is 6.92 Å². The van der Waals surface area contributed by atoms with Crippen molar-refractivity contribution in [2.24, 2.45) is 5.16 Å². The number of benzene rings is 1. The zero-order chi connectivity index (χ0) is 25.2. The van der Waals surface area contributed by atoms with Crippen molar-refractivity contribution < 1.29 is 31.9 Å². The fourth-order valence-electron chi connectivity index (χ4n) is 3.71. The number of halogens is 2. The molecule has 188 valence electrons. The van der Waals surface area contributed by atoms with Gasteiger partial charge in [-0.25, -0.2) is 22.8 Å². The SMILES string of the molecule is Cc1nc(C(=O)NCc2ccc(F)c(Cl)c2)cc(C2=NOC(C3COC(CS(C)(=O)=O)CO3)C2)n1. The zero-order valence-corrected chi connectivity index (χ0v) is 20.6. The quantitative estimate of drug-likeness (QED) is 0.578. The van der Waals surface area contributed by atoms with E-state index in [-0.39, 0.29) is 36.2 Å². The van der Waals surface area contributed by atoms with E-state index in [1.165, 1.54) is 24.3 Å². The molecule has 0 bridgehead atoms. The van der Waals surface area contributed by atoms with Crippen LogP contribution in [0.25, 0.3) is 0 Å². The molecule has 0 saturated carbocycles. The van der Waals surface area contributed by atoms with E-state index in [2.05, 4.69) is 20.4 Å². The maximum Gasteiger partial charge on any atom is 0.270 e. The second kappa shape index (κ2) is 10.5. The molecule has 2 aromatic rings. The maximum absolute atomic E-state index is 13.3. The van der Waals surface area contributed by atoms with Crippen LogP contribution < -0.4 is 5.32 Å². The Labute approximate surface area is 206 Å². The highest BCUT2D eigenvalue weighted by Gasteiger charge is 2.36. The van der Waals surface area contributed by atoms with Gasteiger partial charge >= 0.3 is 0 Å². The van der Waals surface area contributed by atoms with Crippen LogP contribution >= 0.6 is 11.6 Å². The minimum atomic E-state index is -3.17. The number of aryl methyl sites for hydroxylation is 1. The number of oxime groups is 1. The lowest BCUT2D eigenvalue weighted by atomic mass is 10.0. The number of ether oxygens (including phenoxy) is 2. The van der Waals surface area contributed by atoms with Gasteiger partial charge in [0.1, 0.15) is 39.0 Å². The number of carbonyl (C=O) groups is 1. The first-order valence-electron chi connectivity index (χ1n) is 10.8. The molecule has 2 aliphatic rings. The molecule has 0 spiro atoms. The van der Waals surface area contributed by atoms with Crippen LogP contribution in [0.2, 0.25) is 5.02 Å². The second-order valence-electron chi connectivity index (χ2n) is 8.42. The number of nitrogens with one attached hydrogen (secondary N) is 1. The molecule has 3 atom stereocenters. The molecular weight excluding hydrogens is 503 g/mol. The van der Waals surface area contributed by atoms with Crippen LogP contribution in [0.3, 0.4) is 0 Å². The highest BCUT2D eigenvalue weighted by molar-refractivity contribution is 7.90. The second-order valence-corrected chi connectivity index (χ2v) is 11.0. The van der Waals surface area contributed by atoms with Gasteiger partial charge in [-0.2, -0.15) is 0 Å². The summed E-state index contributed by atoms with van der Waals surface area (Å²) < 4.78 is 47.6. The van der Waals surface area contributed by atoms with E-state index in [0.717, 1.165) is 6.26 Å². The van der Waals surface area contributed by atoms with Crippen molar-refractivity contribution >= 4 is 33.1 Å². The molecule has 1 fully saturated rings. The van der Waals surface area contributed by atoms with Crippen LogP contribution in [0.1, 0.15) is 34.0 Å². The van der Waals surface area contributed by atoms with Crippen LogP contribution in [0.15, 0.2) is 29.4 Å². The van der Waals surface area contributed by atoms with Crippen molar-refractivity contribution in [2.75, 3.05) is 25.2 Å². The van der Waals surface area contributed by atoms with Crippen molar-refractivity contribution in [1.82, 2.24) is 15.3 Å². The van der Waals surface area contributed by atoms with Gasteiger partial charge in [-0.1, -0.05) is 22.8 Å². The van der Waals surface area contributed by atoms with Crippen molar-refractivity contribution in [3.8, 4) is 0 Å². The average Bonchev–Trinajstić information content (AvgIpc) is 3.29. The number of hydrogen-bond donors (Lipinski definition) is 1. The molecule has 0 radical (unpaired) electrons. The fourth-order valence-corrected chi connectivity index (χ4v) is 4.78. The Hall–Kier alpha value is -2.67. The number of nitrogens with zero attached hydrogens (tertiary/aromatic N) is 3. The third-order valence-electron chi connectivity index (χ3n) is 5.39. The monoisotopic (exact) mass is 526 g/mol. The van der Waals surface area contributed by atoms with E-state index in [4.69, 9.17) is 25.9 Å². The van der Waals surface area contributed by atoms with E-state index in [9.17, 15) is 17.6 Å². The van der Waals surface area contributed by atoms with Gasteiger partial charge in [0.2, 0.25) is 0 Å². The summed E-state index contributed by atoms with van der Waals surface area (Å²) in [6, 6.07) is 5.73. The predicted molar refractivity (Wildman–Crippen MR) is 125 cm³/mol. The Morgan fingerprint density at radius 3 is 2.69 bits per heavy atom. The summed E-state index contributed by atoms with van der Waals surface area (Å²) in [5, 5.41) is 6.81. The van der Waals surface area contributed by atoms with Gasteiger partial charge in [0.05, 0.1) is 35.8 Å². The molecule has 10 nitrogen and oxygen atoms in total. The average molecular weight is 527 g/mol. The number of rotatable bonds is 7. The summed E-state index contributed by atoms with van der Waals surface area (Å²) in [6.07, 6.45) is 0.162. The summed E-state index contributed by atoms with van der Waals surface area (Å²) in [5.41, 5.74) is 1.76. The summed E-state index contributed by atoms with van der Waals surface area (Å²) in [4.78, 5) is 26.8. The lowest BCUT2D eigenvalue weighted by Gasteiger charge is -2.31. The Balaban J connectivity index is 1.35. The topological polar surface area (TPSA) is 129 Å². The molecule has 1 aromatic carbocycles. The van der Waals surface area contributed by atoms with Gasteiger partial charge in [-0.15, -0.1) is 0 Å². The van der Waals surface area contributed by atoms with Gasteiger partial charge in [0.15, 0.2) is 6.10 Å². The number of carbonyl (C=O) groups excluding carboxylic acids is 1. The normalized spacial score (nSPS) is 22.4. The molecule has 35 heavy (non-hydrogen) atoms. The molecule has 0 aliphatic carbocycles. The number of sulfone groups is 1. The molecule has 1 aromatic heterocycles. The smallest absolute Gasteiger partial charge is 0.270 e. The number of hydrogen-bond acceptors (Lipinski definition) is 9. The standard InChI is InChI=1S/C22H24ClFN4O6S/c1-12-26-17(6-19(27-12)22(29)25-8-13-3-4-16(24)15(23)5-13)18-7-20(34-28-18)21-10-32-14(9-33-21)11-35(2,30)31/h3-6,14,20-21H,7-11H2,1-2H3,(H,25,29). The summed E-state index contributed by atoms with van der Waals surface area (Å²) in [7, 11) is -3.17. The van der Waals surface area contributed by atoms with Gasteiger partial charge < -0.3 is 19.6 Å². The lowest BCUT2D eigenvalue weighted by molar-refractivity contribution is -0.165.